The fourth-order valence-corrected chi connectivity index (χ4v) is 9.37. The zero-order valence-corrected chi connectivity index (χ0v) is 30.5. The van der Waals surface area contributed by atoms with E-state index in [1.54, 1.807) is 0 Å². The Balaban J connectivity index is 1.13. The predicted octanol–water partition coefficient (Wildman–Crippen LogP) is 14.0. The summed E-state index contributed by atoms with van der Waals surface area (Å²) in [6, 6.07) is 66.7. The van der Waals surface area contributed by atoms with Gasteiger partial charge in [0.1, 0.15) is 0 Å². The van der Waals surface area contributed by atoms with E-state index >= 15 is 0 Å². The number of fused-ring (bicyclic) bond motifs is 10. The van der Waals surface area contributed by atoms with Crippen LogP contribution in [0.25, 0.3) is 109 Å². The van der Waals surface area contributed by atoms with Gasteiger partial charge in [-0.1, -0.05) is 176 Å². The number of hydrogen-bond acceptors (Lipinski definition) is 4. The quantitative estimate of drug-likeness (QED) is 0.166. The van der Waals surface area contributed by atoms with Gasteiger partial charge in [0.2, 0.25) is 0 Å². The number of hydrogen-bond donors (Lipinski definition) is 0. The lowest BCUT2D eigenvalue weighted by Gasteiger charge is -2.15. The molecule has 0 saturated carbocycles. The van der Waals surface area contributed by atoms with Crippen molar-refractivity contribution in [3.8, 4) is 56.4 Å². The lowest BCUT2D eigenvalue weighted by molar-refractivity contribution is 1.08. The highest BCUT2D eigenvalue weighted by molar-refractivity contribution is 7.27. The van der Waals surface area contributed by atoms with Crippen LogP contribution in [0.15, 0.2) is 188 Å². The lowest BCUT2D eigenvalue weighted by Crippen LogP contribution is -2.00. The third-order valence-electron chi connectivity index (χ3n) is 10.7. The van der Waals surface area contributed by atoms with E-state index in [2.05, 4.69) is 164 Å². The highest BCUT2D eigenvalue weighted by Gasteiger charge is 2.22. The van der Waals surface area contributed by atoms with Gasteiger partial charge in [0.25, 0.3) is 0 Å². The molecule has 0 unspecified atom stereocenters. The Bertz CT molecular complexity index is 3220. The first kappa shape index (κ1) is 31.5. The van der Waals surface area contributed by atoms with Crippen molar-refractivity contribution in [3.05, 3.63) is 188 Å². The summed E-state index contributed by atoms with van der Waals surface area (Å²) >= 11 is 1.85. The topological polar surface area (TPSA) is 38.7 Å². The molecular weight excluding hydrogens is 687 g/mol. The molecule has 0 saturated heterocycles. The van der Waals surface area contributed by atoms with E-state index in [9.17, 15) is 0 Å². The van der Waals surface area contributed by atoms with Crippen molar-refractivity contribution >= 4 is 63.8 Å². The third-order valence-corrected chi connectivity index (χ3v) is 11.9. The second-order valence-electron chi connectivity index (χ2n) is 13.9. The smallest absolute Gasteiger partial charge is 0.164 e. The first-order chi connectivity index (χ1) is 27.3. The zero-order chi connectivity index (χ0) is 36.3. The molecule has 11 rings (SSSR count). The van der Waals surface area contributed by atoms with Crippen LogP contribution in [-0.4, -0.2) is 15.0 Å². The molecule has 0 bridgehead atoms. The minimum atomic E-state index is 0.644. The van der Waals surface area contributed by atoms with Crippen molar-refractivity contribution in [1.82, 2.24) is 15.0 Å². The monoisotopic (exact) mass is 717 g/mol. The van der Waals surface area contributed by atoms with Crippen LogP contribution in [0.3, 0.4) is 0 Å². The Morgan fingerprint density at radius 1 is 0.291 bits per heavy atom. The van der Waals surface area contributed by atoms with Crippen molar-refractivity contribution in [1.29, 1.82) is 0 Å². The molecule has 0 atom stereocenters. The van der Waals surface area contributed by atoms with Crippen LogP contribution in [0.1, 0.15) is 0 Å². The number of rotatable bonds is 5. The van der Waals surface area contributed by atoms with Gasteiger partial charge in [0, 0.05) is 42.2 Å². The first-order valence-corrected chi connectivity index (χ1v) is 19.3. The molecule has 0 aliphatic carbocycles. The SMILES string of the molecule is c1ccc(-c2ccc(-c3ccc(-c4nc(-c5ccccc5)nc(-c5cc6c7ccccc7c7ccccc7c6c6sc7ccccc7c56)n4)cc3)cc2)cc1. The summed E-state index contributed by atoms with van der Waals surface area (Å²) in [4.78, 5) is 15.7. The molecular formula is C51H31N3S. The van der Waals surface area contributed by atoms with E-state index in [-0.39, 0.29) is 0 Å². The van der Waals surface area contributed by atoms with Crippen LogP contribution in [-0.2, 0) is 0 Å². The highest BCUT2D eigenvalue weighted by Crippen LogP contribution is 2.48. The molecule has 55 heavy (non-hydrogen) atoms. The highest BCUT2D eigenvalue weighted by atomic mass is 32.1. The Labute approximate surface area is 321 Å². The standard InChI is InChI=1S/C51H31N3S/c1-3-13-32(14-4-1)33-23-25-34(26-24-33)35-27-29-37(30-28-35)50-52-49(36-15-5-2-6-16-36)53-51(54-50)44-31-43-40-19-8-7-17-38(40)39-18-9-10-20-41(39)46(43)48-47(44)42-21-11-12-22-45(42)55-48/h1-31H. The van der Waals surface area contributed by atoms with Gasteiger partial charge in [-0.2, -0.15) is 0 Å². The van der Waals surface area contributed by atoms with Crippen LogP contribution < -0.4 is 0 Å². The molecule has 9 aromatic carbocycles. The van der Waals surface area contributed by atoms with Gasteiger partial charge >= 0.3 is 0 Å². The van der Waals surface area contributed by atoms with E-state index < -0.39 is 0 Å². The summed E-state index contributed by atoms with van der Waals surface area (Å²) in [5, 5.41) is 9.86. The molecule has 0 spiro atoms. The maximum atomic E-state index is 5.32. The summed E-state index contributed by atoms with van der Waals surface area (Å²) in [7, 11) is 0. The van der Waals surface area contributed by atoms with Crippen molar-refractivity contribution in [2.24, 2.45) is 0 Å². The first-order valence-electron chi connectivity index (χ1n) is 18.5. The fourth-order valence-electron chi connectivity index (χ4n) is 8.08. The van der Waals surface area contributed by atoms with E-state index in [4.69, 9.17) is 15.0 Å². The molecule has 0 aliphatic heterocycles. The van der Waals surface area contributed by atoms with E-state index in [1.165, 1.54) is 63.6 Å². The Hall–Kier alpha value is -7.01. The molecule has 256 valence electrons. The minimum absolute atomic E-state index is 0.644. The van der Waals surface area contributed by atoms with Crippen molar-refractivity contribution in [2.45, 2.75) is 0 Å². The van der Waals surface area contributed by atoms with Crippen LogP contribution in [0, 0.1) is 0 Å². The van der Waals surface area contributed by atoms with Crippen molar-refractivity contribution < 1.29 is 0 Å². The summed E-state index contributed by atoms with van der Waals surface area (Å²) in [5.41, 5.74) is 7.62. The van der Waals surface area contributed by atoms with Gasteiger partial charge in [-0.25, -0.2) is 15.0 Å². The number of benzene rings is 9. The van der Waals surface area contributed by atoms with Crippen molar-refractivity contribution in [3.63, 3.8) is 0 Å². The van der Waals surface area contributed by atoms with Gasteiger partial charge in [-0.05, 0) is 61.3 Å². The second-order valence-corrected chi connectivity index (χ2v) is 15.0. The lowest BCUT2D eigenvalue weighted by atomic mass is 9.91. The van der Waals surface area contributed by atoms with Gasteiger partial charge in [0.05, 0.1) is 0 Å². The molecule has 4 heteroatoms. The maximum Gasteiger partial charge on any atom is 0.164 e. The van der Waals surface area contributed by atoms with Crippen LogP contribution in [0.4, 0.5) is 0 Å². The molecule has 2 heterocycles. The van der Waals surface area contributed by atoms with Gasteiger partial charge in [0.15, 0.2) is 17.5 Å². The average Bonchev–Trinajstić information content (AvgIpc) is 3.66. The van der Waals surface area contributed by atoms with Gasteiger partial charge in [-0.15, -0.1) is 11.3 Å². The summed E-state index contributed by atoms with van der Waals surface area (Å²) in [6.07, 6.45) is 0. The number of nitrogens with zero attached hydrogens (tertiary/aromatic N) is 3. The van der Waals surface area contributed by atoms with E-state index in [0.717, 1.165) is 27.8 Å². The number of thiophene rings is 1. The molecule has 11 aromatic rings. The number of aromatic nitrogens is 3. The Morgan fingerprint density at radius 2 is 0.691 bits per heavy atom. The molecule has 0 radical (unpaired) electrons. The maximum absolute atomic E-state index is 5.32. The average molecular weight is 718 g/mol. The Morgan fingerprint density at radius 3 is 1.29 bits per heavy atom. The van der Waals surface area contributed by atoms with E-state index in [1.807, 2.05) is 35.6 Å². The van der Waals surface area contributed by atoms with Gasteiger partial charge < -0.3 is 0 Å². The third kappa shape index (κ3) is 5.30. The molecule has 0 amide bonds. The molecule has 3 nitrogen and oxygen atoms in total. The zero-order valence-electron chi connectivity index (χ0n) is 29.6. The minimum Gasteiger partial charge on any atom is -0.208 e. The molecule has 0 N–H and O–H groups in total. The molecule has 2 aromatic heterocycles. The predicted molar refractivity (Wildman–Crippen MR) is 232 cm³/mol. The summed E-state index contributed by atoms with van der Waals surface area (Å²) < 4.78 is 2.50. The van der Waals surface area contributed by atoms with E-state index in [0.29, 0.717) is 17.5 Å². The van der Waals surface area contributed by atoms with Gasteiger partial charge in [-0.3, -0.25) is 0 Å². The van der Waals surface area contributed by atoms with Crippen LogP contribution in [0.5, 0.6) is 0 Å². The molecule has 0 fully saturated rings. The van der Waals surface area contributed by atoms with Crippen LogP contribution >= 0.6 is 11.3 Å². The van der Waals surface area contributed by atoms with Crippen LogP contribution in [0.2, 0.25) is 0 Å². The molecule has 0 aliphatic rings. The normalized spacial score (nSPS) is 11.6. The fraction of sp³-hybridized carbons (Fsp3) is 0. The summed E-state index contributed by atoms with van der Waals surface area (Å²) in [5.74, 6) is 1.96. The summed E-state index contributed by atoms with van der Waals surface area (Å²) in [6.45, 7) is 0. The Kier molecular flexibility index (Phi) is 7.35. The van der Waals surface area contributed by atoms with Crippen molar-refractivity contribution in [2.75, 3.05) is 0 Å². The second kappa shape index (κ2) is 12.8. The largest absolute Gasteiger partial charge is 0.208 e.